The predicted molar refractivity (Wildman–Crippen MR) is 85.4 cm³/mol. The summed E-state index contributed by atoms with van der Waals surface area (Å²) in [6.07, 6.45) is 5.01. The molecule has 2 aromatic rings. The number of nitrogens with zero attached hydrogens (tertiary/aromatic N) is 5. The Morgan fingerprint density at radius 2 is 2.38 bits per heavy atom. The molecule has 0 spiro atoms. The number of likely N-dealkylation sites (tertiary alicyclic amines) is 1. The van der Waals surface area contributed by atoms with E-state index in [1.165, 1.54) is 0 Å². The Hall–Kier alpha value is -2.42. The first kappa shape index (κ1) is 16.4. The number of carbonyl (C=O) groups is 1. The molecule has 1 N–H and O–H groups in total. The molecule has 2 amide bonds. The normalized spacial score (nSPS) is 20.5. The molecule has 2 aromatic heterocycles. The van der Waals surface area contributed by atoms with Gasteiger partial charge in [-0.1, -0.05) is 12.1 Å². The van der Waals surface area contributed by atoms with Crippen LogP contribution in [0.2, 0.25) is 0 Å². The quantitative estimate of drug-likeness (QED) is 0.898. The van der Waals surface area contributed by atoms with Gasteiger partial charge in [-0.05, 0) is 13.3 Å². The molecule has 1 aliphatic heterocycles. The number of urea groups is 1. The molecule has 1 fully saturated rings. The number of aromatic nitrogens is 4. The van der Waals surface area contributed by atoms with Crippen LogP contribution in [0.25, 0.3) is 0 Å². The Morgan fingerprint density at radius 1 is 1.54 bits per heavy atom. The second-order valence-corrected chi connectivity index (χ2v) is 5.86. The zero-order valence-corrected chi connectivity index (χ0v) is 14.1. The molecule has 2 atom stereocenters. The summed E-state index contributed by atoms with van der Waals surface area (Å²) in [5.41, 5.74) is 0.662. The lowest BCUT2D eigenvalue weighted by atomic mass is 10.2. The predicted octanol–water partition coefficient (Wildman–Crippen LogP) is 1.98. The molecule has 0 aliphatic carbocycles. The van der Waals surface area contributed by atoms with Gasteiger partial charge in [0.15, 0.2) is 5.82 Å². The first-order valence-corrected chi connectivity index (χ1v) is 8.03. The third-order valence-corrected chi connectivity index (χ3v) is 4.02. The Balaban J connectivity index is 1.73. The first-order chi connectivity index (χ1) is 11.6. The molecule has 9 nitrogen and oxygen atoms in total. The van der Waals surface area contributed by atoms with Gasteiger partial charge in [-0.25, -0.2) is 4.79 Å². The van der Waals surface area contributed by atoms with E-state index in [0.717, 1.165) is 13.0 Å². The monoisotopic (exact) mass is 334 g/mol. The lowest BCUT2D eigenvalue weighted by Crippen LogP contribution is -2.35. The zero-order valence-electron chi connectivity index (χ0n) is 14.1. The first-order valence-electron chi connectivity index (χ1n) is 8.03. The van der Waals surface area contributed by atoms with Crippen molar-refractivity contribution in [2.75, 3.05) is 19.0 Å². The molecule has 0 bridgehead atoms. The van der Waals surface area contributed by atoms with E-state index in [9.17, 15) is 4.79 Å². The van der Waals surface area contributed by atoms with Crippen molar-refractivity contribution in [3.05, 3.63) is 24.1 Å². The van der Waals surface area contributed by atoms with Crippen molar-refractivity contribution in [2.45, 2.75) is 45.4 Å². The number of anilines is 1. The van der Waals surface area contributed by atoms with Gasteiger partial charge < -0.3 is 19.5 Å². The van der Waals surface area contributed by atoms with Gasteiger partial charge in [-0.3, -0.25) is 4.68 Å². The minimum atomic E-state index is -0.290. The zero-order chi connectivity index (χ0) is 17.1. The summed E-state index contributed by atoms with van der Waals surface area (Å²) in [4.78, 5) is 18.6. The minimum Gasteiger partial charge on any atom is -0.380 e. The van der Waals surface area contributed by atoms with Gasteiger partial charge in [0.1, 0.15) is 6.04 Å². The molecule has 0 saturated carbocycles. The second kappa shape index (κ2) is 7.00. The highest BCUT2D eigenvalue weighted by atomic mass is 16.5. The summed E-state index contributed by atoms with van der Waals surface area (Å²) in [5, 5.41) is 10.9. The van der Waals surface area contributed by atoms with Crippen LogP contribution in [0.15, 0.2) is 16.9 Å². The highest BCUT2D eigenvalue weighted by Crippen LogP contribution is 2.32. The molecule has 9 heteroatoms. The highest BCUT2D eigenvalue weighted by molar-refractivity contribution is 5.89. The smallest absolute Gasteiger partial charge is 0.322 e. The average molecular weight is 334 g/mol. The summed E-state index contributed by atoms with van der Waals surface area (Å²) in [6, 6.07) is -0.520. The van der Waals surface area contributed by atoms with Crippen molar-refractivity contribution in [2.24, 2.45) is 0 Å². The SMILES string of the molecule is CCCn1cc(NC(=O)N2C[C@@H](OC)C[C@@H]2c2nc(C)no2)cn1. The van der Waals surface area contributed by atoms with Crippen LogP contribution in [-0.4, -0.2) is 50.6 Å². The van der Waals surface area contributed by atoms with Gasteiger partial charge in [0.25, 0.3) is 0 Å². The summed E-state index contributed by atoms with van der Waals surface area (Å²) < 4.78 is 12.5. The van der Waals surface area contributed by atoms with E-state index < -0.39 is 0 Å². The minimum absolute atomic E-state index is 0.0595. The van der Waals surface area contributed by atoms with Crippen LogP contribution in [-0.2, 0) is 11.3 Å². The number of nitrogens with one attached hydrogen (secondary N) is 1. The van der Waals surface area contributed by atoms with E-state index >= 15 is 0 Å². The molecule has 1 saturated heterocycles. The van der Waals surface area contributed by atoms with E-state index in [2.05, 4.69) is 27.5 Å². The van der Waals surface area contributed by atoms with Gasteiger partial charge in [0.05, 0.1) is 18.0 Å². The molecule has 0 radical (unpaired) electrons. The van der Waals surface area contributed by atoms with Gasteiger partial charge in [0, 0.05) is 32.8 Å². The van der Waals surface area contributed by atoms with E-state index in [0.29, 0.717) is 30.4 Å². The van der Waals surface area contributed by atoms with E-state index in [1.807, 2.05) is 6.20 Å². The summed E-state index contributed by atoms with van der Waals surface area (Å²) in [6.45, 7) is 5.11. The molecular formula is C15H22N6O3. The van der Waals surface area contributed by atoms with Gasteiger partial charge in [-0.2, -0.15) is 10.1 Å². The summed E-state index contributed by atoms with van der Waals surface area (Å²) in [7, 11) is 1.64. The number of aryl methyl sites for hydroxylation is 2. The fourth-order valence-electron chi connectivity index (χ4n) is 2.85. The van der Waals surface area contributed by atoms with Crippen LogP contribution in [0.5, 0.6) is 0 Å². The number of rotatable bonds is 5. The molecule has 3 heterocycles. The van der Waals surface area contributed by atoms with Crippen molar-refractivity contribution in [1.29, 1.82) is 0 Å². The van der Waals surface area contributed by atoms with E-state index in [-0.39, 0.29) is 18.2 Å². The van der Waals surface area contributed by atoms with Crippen LogP contribution in [0.3, 0.4) is 0 Å². The molecule has 24 heavy (non-hydrogen) atoms. The Morgan fingerprint density at radius 3 is 3.04 bits per heavy atom. The summed E-state index contributed by atoms with van der Waals surface area (Å²) in [5.74, 6) is 0.982. The lowest BCUT2D eigenvalue weighted by Gasteiger charge is -2.21. The number of amides is 2. The van der Waals surface area contributed by atoms with Crippen molar-refractivity contribution in [3.8, 4) is 0 Å². The van der Waals surface area contributed by atoms with E-state index in [1.54, 1.807) is 29.8 Å². The topological polar surface area (TPSA) is 98.3 Å². The third-order valence-electron chi connectivity index (χ3n) is 4.02. The van der Waals surface area contributed by atoms with Crippen LogP contribution in [0.4, 0.5) is 10.5 Å². The van der Waals surface area contributed by atoms with Gasteiger partial charge in [-0.15, -0.1) is 0 Å². The number of methoxy groups -OCH3 is 1. The van der Waals surface area contributed by atoms with Crippen molar-refractivity contribution >= 4 is 11.7 Å². The van der Waals surface area contributed by atoms with Crippen molar-refractivity contribution in [3.63, 3.8) is 0 Å². The maximum absolute atomic E-state index is 12.7. The molecule has 0 aromatic carbocycles. The van der Waals surface area contributed by atoms with Crippen LogP contribution < -0.4 is 5.32 Å². The standard InChI is InChI=1S/C15H22N6O3/c1-4-5-20-8-11(7-16-20)18-15(22)21-9-12(23-3)6-13(21)14-17-10(2)19-24-14/h7-8,12-13H,4-6,9H2,1-3H3,(H,18,22)/t12-,13+/m0/s1. The fraction of sp³-hybridized carbons (Fsp3) is 0.600. The Labute approximate surface area is 140 Å². The van der Waals surface area contributed by atoms with Crippen LogP contribution >= 0.6 is 0 Å². The largest absolute Gasteiger partial charge is 0.380 e. The number of ether oxygens (including phenoxy) is 1. The summed E-state index contributed by atoms with van der Waals surface area (Å²) >= 11 is 0. The molecule has 130 valence electrons. The van der Waals surface area contributed by atoms with Crippen molar-refractivity contribution in [1.82, 2.24) is 24.8 Å². The lowest BCUT2D eigenvalue weighted by molar-refractivity contribution is 0.111. The van der Waals surface area contributed by atoms with Crippen LogP contribution in [0.1, 0.15) is 37.5 Å². The fourth-order valence-corrected chi connectivity index (χ4v) is 2.85. The molecule has 0 unspecified atom stereocenters. The number of hydrogen-bond donors (Lipinski definition) is 1. The Bertz CT molecular complexity index is 697. The van der Waals surface area contributed by atoms with Crippen LogP contribution in [0, 0.1) is 6.92 Å². The maximum Gasteiger partial charge on any atom is 0.322 e. The average Bonchev–Trinajstić information content (AvgIpc) is 3.27. The van der Waals surface area contributed by atoms with Gasteiger partial charge >= 0.3 is 6.03 Å². The molecule has 1 aliphatic rings. The number of hydrogen-bond acceptors (Lipinski definition) is 6. The molecule has 3 rings (SSSR count). The van der Waals surface area contributed by atoms with Crippen molar-refractivity contribution < 1.29 is 14.1 Å². The highest BCUT2D eigenvalue weighted by Gasteiger charge is 2.39. The Kier molecular flexibility index (Phi) is 4.79. The third kappa shape index (κ3) is 3.40. The second-order valence-electron chi connectivity index (χ2n) is 5.86. The molecular weight excluding hydrogens is 312 g/mol. The van der Waals surface area contributed by atoms with E-state index in [4.69, 9.17) is 9.26 Å². The number of carbonyl (C=O) groups excluding carboxylic acids is 1. The maximum atomic E-state index is 12.7. The van der Waals surface area contributed by atoms with Gasteiger partial charge in [0.2, 0.25) is 5.89 Å².